The summed E-state index contributed by atoms with van der Waals surface area (Å²) in [5, 5.41) is 9.06. The van der Waals surface area contributed by atoms with E-state index in [4.69, 9.17) is 16.1 Å². The Balaban J connectivity index is 1.49. The molecule has 2 heterocycles. The molecule has 2 N–H and O–H groups in total. The molecule has 4 rings (SSSR count). The van der Waals surface area contributed by atoms with E-state index in [0.29, 0.717) is 12.8 Å². The molecule has 0 bridgehead atoms. The van der Waals surface area contributed by atoms with Gasteiger partial charge < -0.3 is 14.8 Å². The maximum atomic E-state index is 12.5. The number of nitrogens with zero attached hydrogens (tertiary/aromatic N) is 1. The first-order valence-electron chi connectivity index (χ1n) is 9.04. The van der Waals surface area contributed by atoms with Crippen molar-refractivity contribution in [1.82, 2.24) is 15.5 Å². The van der Waals surface area contributed by atoms with Gasteiger partial charge in [0.1, 0.15) is 5.76 Å². The lowest BCUT2D eigenvalue weighted by Gasteiger charge is -2.24. The highest BCUT2D eigenvalue weighted by molar-refractivity contribution is 6.31. The highest BCUT2D eigenvalue weighted by Gasteiger charge is 2.25. The van der Waals surface area contributed by atoms with E-state index in [-0.39, 0.29) is 11.9 Å². The Hall–Kier alpha value is -2.27. The van der Waals surface area contributed by atoms with Crippen LogP contribution in [0.3, 0.4) is 0 Å². The van der Waals surface area contributed by atoms with E-state index < -0.39 is 0 Å². The van der Waals surface area contributed by atoms with Crippen LogP contribution in [-0.2, 0) is 17.6 Å². The van der Waals surface area contributed by atoms with Gasteiger partial charge in [0.15, 0.2) is 0 Å². The minimum absolute atomic E-state index is 0.0297. The molecule has 0 spiro atoms. The van der Waals surface area contributed by atoms with Crippen LogP contribution in [0.5, 0.6) is 0 Å². The number of aromatic amines is 1. The molecule has 0 saturated carbocycles. The molecule has 3 aromatic rings. The molecule has 2 aromatic heterocycles. The summed E-state index contributed by atoms with van der Waals surface area (Å²) in [4.78, 5) is 16.0. The summed E-state index contributed by atoms with van der Waals surface area (Å²) in [5.41, 5.74) is 5.38. The summed E-state index contributed by atoms with van der Waals surface area (Å²) in [5.74, 6) is 0.849. The number of carbonyl (C=O) groups excluding carboxylic acids is 1. The number of halogens is 1. The molecule has 1 aliphatic rings. The third-order valence-electron chi connectivity index (χ3n) is 5.29. The zero-order valence-corrected chi connectivity index (χ0v) is 15.7. The lowest BCUT2D eigenvalue weighted by atomic mass is 9.91. The molecule has 0 fully saturated rings. The number of benzene rings is 1. The Morgan fingerprint density at radius 3 is 3.04 bits per heavy atom. The van der Waals surface area contributed by atoms with Gasteiger partial charge in [-0.25, -0.2) is 0 Å². The van der Waals surface area contributed by atoms with Crippen LogP contribution in [0.2, 0.25) is 5.02 Å². The average Bonchev–Trinajstić information content (AvgIpc) is 3.14. The fraction of sp³-hybridized carbons (Fsp3) is 0.400. The van der Waals surface area contributed by atoms with Crippen LogP contribution in [-0.4, -0.2) is 16.0 Å². The minimum atomic E-state index is 0.0297. The van der Waals surface area contributed by atoms with Gasteiger partial charge in [0.2, 0.25) is 5.91 Å². The first kappa shape index (κ1) is 17.2. The lowest BCUT2D eigenvalue weighted by Crippen LogP contribution is -2.31. The van der Waals surface area contributed by atoms with Gasteiger partial charge in [0.05, 0.1) is 11.7 Å². The van der Waals surface area contributed by atoms with Crippen LogP contribution in [0.1, 0.15) is 53.6 Å². The summed E-state index contributed by atoms with van der Waals surface area (Å²) in [6, 6.07) is 5.94. The lowest BCUT2D eigenvalue weighted by molar-refractivity contribution is -0.121. The van der Waals surface area contributed by atoms with Gasteiger partial charge in [0.25, 0.3) is 0 Å². The first-order chi connectivity index (χ1) is 12.5. The Bertz CT molecular complexity index is 954. The predicted molar refractivity (Wildman–Crippen MR) is 101 cm³/mol. The number of H-pyrrole nitrogens is 1. The van der Waals surface area contributed by atoms with Crippen LogP contribution >= 0.6 is 11.6 Å². The molecule has 1 atom stereocenters. The second-order valence-electron chi connectivity index (χ2n) is 7.02. The zero-order valence-electron chi connectivity index (χ0n) is 15.0. The normalized spacial score (nSPS) is 16.7. The number of aromatic nitrogens is 2. The number of hydrogen-bond donors (Lipinski definition) is 2. The molecule has 6 heteroatoms. The molecule has 5 nitrogen and oxygen atoms in total. The standard InChI is InChI=1S/C20H22ClN3O2/c1-11-14(12(2)26-24-11)7-9-19(25)22-18-5-3-4-15-16-10-13(21)6-8-17(16)23-20(15)18/h6,8,10,18,23H,3-5,7,9H2,1-2H3,(H,22,25)/t18-/m1/s1. The average molecular weight is 372 g/mol. The second-order valence-corrected chi connectivity index (χ2v) is 7.46. The number of rotatable bonds is 4. The molecule has 26 heavy (non-hydrogen) atoms. The predicted octanol–water partition coefficient (Wildman–Crippen LogP) is 4.55. The molecule has 1 amide bonds. The van der Waals surface area contributed by atoms with E-state index >= 15 is 0 Å². The topological polar surface area (TPSA) is 70.9 Å². The quantitative estimate of drug-likeness (QED) is 0.706. The van der Waals surface area contributed by atoms with Crippen LogP contribution in [0, 0.1) is 13.8 Å². The van der Waals surface area contributed by atoms with Gasteiger partial charge in [0, 0.05) is 33.6 Å². The molecular formula is C20H22ClN3O2. The van der Waals surface area contributed by atoms with Gasteiger partial charge in [-0.3, -0.25) is 4.79 Å². The van der Waals surface area contributed by atoms with Gasteiger partial charge in [-0.05, 0) is 63.3 Å². The van der Waals surface area contributed by atoms with Gasteiger partial charge in [-0.2, -0.15) is 0 Å². The number of carbonyl (C=O) groups is 1. The SMILES string of the molecule is Cc1noc(C)c1CCC(=O)N[C@@H]1CCCc2c1[nH]c1ccc(Cl)cc21. The second kappa shape index (κ2) is 6.80. The van der Waals surface area contributed by atoms with Gasteiger partial charge in [-0.1, -0.05) is 16.8 Å². The molecular weight excluding hydrogens is 350 g/mol. The summed E-state index contributed by atoms with van der Waals surface area (Å²) in [7, 11) is 0. The first-order valence-corrected chi connectivity index (χ1v) is 9.42. The van der Waals surface area contributed by atoms with Crippen molar-refractivity contribution in [3.05, 3.63) is 51.5 Å². The van der Waals surface area contributed by atoms with Crippen LogP contribution < -0.4 is 5.32 Å². The number of hydrogen-bond acceptors (Lipinski definition) is 3. The number of aryl methyl sites for hydroxylation is 3. The maximum Gasteiger partial charge on any atom is 0.220 e. The van der Waals surface area contributed by atoms with Crippen molar-refractivity contribution in [1.29, 1.82) is 0 Å². The van der Waals surface area contributed by atoms with Crippen LogP contribution in [0.4, 0.5) is 0 Å². The van der Waals surface area contributed by atoms with Crippen molar-refractivity contribution >= 4 is 28.4 Å². The summed E-state index contributed by atoms with van der Waals surface area (Å²) in [6.07, 6.45) is 4.10. The van der Waals surface area contributed by atoms with Crippen molar-refractivity contribution in [3.8, 4) is 0 Å². The molecule has 0 radical (unpaired) electrons. The molecule has 0 aliphatic heterocycles. The fourth-order valence-electron chi connectivity index (χ4n) is 3.94. The summed E-state index contributed by atoms with van der Waals surface area (Å²) >= 11 is 6.16. The van der Waals surface area contributed by atoms with Crippen molar-refractivity contribution in [2.75, 3.05) is 0 Å². The third kappa shape index (κ3) is 3.12. The molecule has 1 aromatic carbocycles. The number of fused-ring (bicyclic) bond motifs is 3. The van der Waals surface area contributed by atoms with E-state index in [1.165, 1.54) is 10.9 Å². The van der Waals surface area contributed by atoms with Crippen molar-refractivity contribution < 1.29 is 9.32 Å². The smallest absolute Gasteiger partial charge is 0.220 e. The Kier molecular flexibility index (Phi) is 4.49. The summed E-state index contributed by atoms with van der Waals surface area (Å²) < 4.78 is 5.17. The van der Waals surface area contributed by atoms with E-state index in [1.807, 2.05) is 32.0 Å². The van der Waals surface area contributed by atoms with E-state index in [1.54, 1.807) is 0 Å². The van der Waals surface area contributed by atoms with E-state index in [2.05, 4.69) is 15.5 Å². The van der Waals surface area contributed by atoms with Crippen LogP contribution in [0.25, 0.3) is 10.9 Å². The summed E-state index contributed by atoms with van der Waals surface area (Å²) in [6.45, 7) is 3.79. The van der Waals surface area contributed by atoms with Crippen molar-refractivity contribution in [2.45, 2.75) is 52.0 Å². The Morgan fingerprint density at radius 2 is 2.27 bits per heavy atom. The maximum absolute atomic E-state index is 12.5. The van der Waals surface area contributed by atoms with E-state index in [0.717, 1.165) is 52.5 Å². The van der Waals surface area contributed by atoms with E-state index in [9.17, 15) is 4.79 Å². The van der Waals surface area contributed by atoms with Gasteiger partial charge in [-0.15, -0.1) is 0 Å². The number of nitrogens with one attached hydrogen (secondary N) is 2. The van der Waals surface area contributed by atoms with Gasteiger partial charge >= 0.3 is 0 Å². The monoisotopic (exact) mass is 371 g/mol. The highest BCUT2D eigenvalue weighted by Crippen LogP contribution is 2.35. The molecule has 136 valence electrons. The molecule has 0 unspecified atom stereocenters. The van der Waals surface area contributed by atoms with Crippen molar-refractivity contribution in [2.24, 2.45) is 0 Å². The fourth-order valence-corrected chi connectivity index (χ4v) is 4.12. The number of amides is 1. The highest BCUT2D eigenvalue weighted by atomic mass is 35.5. The van der Waals surface area contributed by atoms with Crippen LogP contribution in [0.15, 0.2) is 22.7 Å². The minimum Gasteiger partial charge on any atom is -0.361 e. The van der Waals surface area contributed by atoms with Crippen molar-refractivity contribution in [3.63, 3.8) is 0 Å². The Labute approximate surface area is 157 Å². The molecule has 0 saturated heterocycles. The zero-order chi connectivity index (χ0) is 18.3. The third-order valence-corrected chi connectivity index (χ3v) is 5.52. The molecule has 1 aliphatic carbocycles. The Morgan fingerprint density at radius 1 is 1.42 bits per heavy atom. The largest absolute Gasteiger partial charge is 0.361 e.